The molecule has 0 fully saturated rings. The molecule has 2 atom stereocenters. The lowest BCUT2D eigenvalue weighted by molar-refractivity contribution is 0.175. The molecule has 0 saturated heterocycles. The van der Waals surface area contributed by atoms with Gasteiger partial charge in [0.25, 0.3) is 0 Å². The average molecular weight is 338 g/mol. The van der Waals surface area contributed by atoms with Gasteiger partial charge in [0.15, 0.2) is 0 Å². The van der Waals surface area contributed by atoms with Crippen LogP contribution in [0, 0.1) is 5.92 Å². The number of rotatable bonds is 7. The molecule has 0 aliphatic rings. The van der Waals surface area contributed by atoms with Gasteiger partial charge < -0.3 is 15.3 Å². The van der Waals surface area contributed by atoms with Gasteiger partial charge in [0.2, 0.25) is 0 Å². The predicted octanol–water partition coefficient (Wildman–Crippen LogP) is 4.68. The number of aliphatic hydroxyl groups is 2. The molecular formula is C22H26O3. The summed E-state index contributed by atoms with van der Waals surface area (Å²) in [6.07, 6.45) is 1.48. The van der Waals surface area contributed by atoms with E-state index in [4.69, 9.17) is 0 Å². The Kier molecular flexibility index (Phi) is 7.03. The molecule has 0 aliphatic heterocycles. The van der Waals surface area contributed by atoms with Crippen LogP contribution in [-0.2, 0) is 0 Å². The second-order valence-corrected chi connectivity index (χ2v) is 6.51. The second-order valence-electron chi connectivity index (χ2n) is 6.51. The number of phenols is 1. The third-order valence-corrected chi connectivity index (χ3v) is 4.18. The number of aromatic hydroxyl groups is 1. The van der Waals surface area contributed by atoms with E-state index in [9.17, 15) is 15.3 Å². The summed E-state index contributed by atoms with van der Waals surface area (Å²) in [5, 5.41) is 30.1. The van der Waals surface area contributed by atoms with Crippen molar-refractivity contribution in [1.29, 1.82) is 0 Å². The van der Waals surface area contributed by atoms with Gasteiger partial charge >= 0.3 is 0 Å². The molecule has 0 unspecified atom stereocenters. The zero-order valence-electron chi connectivity index (χ0n) is 14.8. The van der Waals surface area contributed by atoms with Gasteiger partial charge in [-0.3, -0.25) is 0 Å². The Morgan fingerprint density at radius 1 is 0.960 bits per heavy atom. The lowest BCUT2D eigenvalue weighted by Gasteiger charge is -2.15. The molecule has 2 aromatic rings. The standard InChI is InChI=1S/C22H26O3/c1-16(2)18(15-22(25)17-8-4-3-5-9-17)10-7-13-21(24)19-11-6-12-20(23)14-19/h3-9,11-12,14,16,21-25H,13,15H2,1-2H3/t10?,21-,22-/m1/s1. The molecule has 0 amide bonds. The van der Waals surface area contributed by atoms with Crippen molar-refractivity contribution >= 4 is 0 Å². The highest BCUT2D eigenvalue weighted by molar-refractivity contribution is 5.29. The van der Waals surface area contributed by atoms with Crippen LogP contribution in [0.25, 0.3) is 0 Å². The van der Waals surface area contributed by atoms with E-state index in [1.165, 1.54) is 0 Å². The maximum absolute atomic E-state index is 10.4. The second kappa shape index (κ2) is 9.24. The fourth-order valence-electron chi connectivity index (χ4n) is 2.63. The van der Waals surface area contributed by atoms with Crippen LogP contribution < -0.4 is 0 Å². The van der Waals surface area contributed by atoms with E-state index >= 15 is 0 Å². The molecule has 0 radical (unpaired) electrons. The van der Waals surface area contributed by atoms with Gasteiger partial charge in [0.05, 0.1) is 12.2 Å². The lowest BCUT2D eigenvalue weighted by Crippen LogP contribution is -2.03. The van der Waals surface area contributed by atoms with E-state index in [1.54, 1.807) is 24.3 Å². The molecule has 3 nitrogen and oxygen atoms in total. The predicted molar refractivity (Wildman–Crippen MR) is 100 cm³/mol. The summed E-state index contributed by atoms with van der Waals surface area (Å²) < 4.78 is 0. The first-order chi connectivity index (χ1) is 12.0. The summed E-state index contributed by atoms with van der Waals surface area (Å²) >= 11 is 0. The number of hydrogen-bond acceptors (Lipinski definition) is 3. The molecular weight excluding hydrogens is 312 g/mol. The van der Waals surface area contributed by atoms with Gasteiger partial charge in [-0.25, -0.2) is 0 Å². The summed E-state index contributed by atoms with van der Waals surface area (Å²) in [7, 11) is 0. The van der Waals surface area contributed by atoms with Crippen molar-refractivity contribution < 1.29 is 15.3 Å². The monoisotopic (exact) mass is 338 g/mol. The van der Waals surface area contributed by atoms with E-state index in [-0.39, 0.29) is 11.7 Å². The number of hydrogen-bond donors (Lipinski definition) is 3. The van der Waals surface area contributed by atoms with Crippen LogP contribution in [0.4, 0.5) is 0 Å². The highest BCUT2D eigenvalue weighted by Gasteiger charge is 2.12. The van der Waals surface area contributed by atoms with Crippen LogP contribution in [0.1, 0.15) is 50.0 Å². The van der Waals surface area contributed by atoms with Crippen LogP contribution in [0.15, 0.2) is 72.0 Å². The van der Waals surface area contributed by atoms with E-state index in [0.29, 0.717) is 18.4 Å². The molecule has 0 aliphatic carbocycles. The Hall–Kier alpha value is -2.32. The first kappa shape index (κ1) is 19.0. The normalized spacial score (nSPS) is 13.2. The molecule has 25 heavy (non-hydrogen) atoms. The first-order valence-electron chi connectivity index (χ1n) is 8.61. The topological polar surface area (TPSA) is 60.7 Å². The summed E-state index contributed by atoms with van der Waals surface area (Å²) in [5.74, 6) is 0.400. The Balaban J connectivity index is 2.07. The van der Waals surface area contributed by atoms with E-state index in [0.717, 1.165) is 11.1 Å². The fraction of sp³-hybridized carbons (Fsp3) is 0.318. The zero-order valence-corrected chi connectivity index (χ0v) is 14.8. The SMILES string of the molecule is CC(C)C(=C=CC[C@@H](O)c1cccc(O)c1)C[C@@H](O)c1ccccc1. The van der Waals surface area contributed by atoms with Crippen molar-refractivity contribution in [3.8, 4) is 5.75 Å². The van der Waals surface area contributed by atoms with Crippen LogP contribution in [0.5, 0.6) is 5.75 Å². The van der Waals surface area contributed by atoms with E-state index in [2.05, 4.69) is 19.6 Å². The third kappa shape index (κ3) is 5.91. The molecule has 0 saturated carbocycles. The molecule has 0 heterocycles. The van der Waals surface area contributed by atoms with Gasteiger partial charge in [0, 0.05) is 12.8 Å². The van der Waals surface area contributed by atoms with Crippen LogP contribution >= 0.6 is 0 Å². The fourth-order valence-corrected chi connectivity index (χ4v) is 2.63. The largest absolute Gasteiger partial charge is 0.508 e. The molecule has 0 spiro atoms. The minimum atomic E-state index is -0.688. The minimum absolute atomic E-state index is 0.143. The summed E-state index contributed by atoms with van der Waals surface area (Å²) in [6.45, 7) is 4.14. The molecule has 0 bridgehead atoms. The average Bonchev–Trinajstić information content (AvgIpc) is 2.61. The Morgan fingerprint density at radius 3 is 2.28 bits per heavy atom. The van der Waals surface area contributed by atoms with Crippen molar-refractivity contribution in [1.82, 2.24) is 0 Å². The van der Waals surface area contributed by atoms with Crippen molar-refractivity contribution in [3.63, 3.8) is 0 Å². The summed E-state index contributed by atoms with van der Waals surface area (Å²) in [5.41, 5.74) is 5.82. The van der Waals surface area contributed by atoms with Crippen molar-refractivity contribution in [2.45, 2.75) is 38.9 Å². The van der Waals surface area contributed by atoms with Crippen molar-refractivity contribution in [2.24, 2.45) is 5.92 Å². The highest BCUT2D eigenvalue weighted by atomic mass is 16.3. The van der Waals surface area contributed by atoms with E-state index < -0.39 is 12.2 Å². The molecule has 2 rings (SSSR count). The van der Waals surface area contributed by atoms with Gasteiger partial charge in [0.1, 0.15) is 5.75 Å². The molecule has 3 N–H and O–H groups in total. The smallest absolute Gasteiger partial charge is 0.115 e. The van der Waals surface area contributed by atoms with Crippen molar-refractivity contribution in [2.75, 3.05) is 0 Å². The van der Waals surface area contributed by atoms with E-state index in [1.807, 2.05) is 36.4 Å². The number of benzene rings is 2. The van der Waals surface area contributed by atoms with Gasteiger partial charge in [-0.15, -0.1) is 5.73 Å². The highest BCUT2D eigenvalue weighted by Crippen LogP contribution is 2.25. The number of phenolic OH excluding ortho intramolecular Hbond substituents is 1. The molecule has 3 heteroatoms. The van der Waals surface area contributed by atoms with Crippen LogP contribution in [0.2, 0.25) is 0 Å². The first-order valence-corrected chi connectivity index (χ1v) is 8.61. The van der Waals surface area contributed by atoms with Gasteiger partial charge in [-0.1, -0.05) is 56.3 Å². The van der Waals surface area contributed by atoms with Gasteiger partial charge in [-0.2, -0.15) is 0 Å². The minimum Gasteiger partial charge on any atom is -0.508 e. The maximum Gasteiger partial charge on any atom is 0.115 e. The van der Waals surface area contributed by atoms with Gasteiger partial charge in [-0.05, 0) is 40.8 Å². The quantitative estimate of drug-likeness (QED) is 0.643. The Bertz CT molecular complexity index is 728. The molecule has 2 aromatic carbocycles. The Morgan fingerprint density at radius 2 is 1.64 bits per heavy atom. The van der Waals surface area contributed by atoms with Crippen LogP contribution in [0.3, 0.4) is 0 Å². The lowest BCUT2D eigenvalue weighted by atomic mass is 9.94. The van der Waals surface area contributed by atoms with Crippen molar-refractivity contribution in [3.05, 3.63) is 83.1 Å². The summed E-state index contributed by atoms with van der Waals surface area (Å²) in [6, 6.07) is 16.2. The maximum atomic E-state index is 10.4. The molecule has 132 valence electrons. The number of aliphatic hydroxyl groups excluding tert-OH is 2. The van der Waals surface area contributed by atoms with Crippen LogP contribution in [-0.4, -0.2) is 15.3 Å². The third-order valence-electron chi connectivity index (χ3n) is 4.18. The summed E-state index contributed by atoms with van der Waals surface area (Å²) in [4.78, 5) is 0. The Labute approximate surface area is 149 Å². The molecule has 0 aromatic heterocycles. The zero-order chi connectivity index (χ0) is 18.2.